The highest BCUT2D eigenvalue weighted by Crippen LogP contribution is 2.21. The normalized spacial score (nSPS) is 10.6. The molecule has 0 radical (unpaired) electrons. The summed E-state index contributed by atoms with van der Waals surface area (Å²) in [5.41, 5.74) is 0.883. The molecule has 0 saturated carbocycles. The van der Waals surface area contributed by atoms with Gasteiger partial charge >= 0.3 is 0 Å². The lowest BCUT2D eigenvalue weighted by molar-refractivity contribution is -0.116. The van der Waals surface area contributed by atoms with Crippen molar-refractivity contribution in [1.82, 2.24) is 25.0 Å². The maximum Gasteiger partial charge on any atom is 0.227 e. The van der Waals surface area contributed by atoms with Crippen molar-refractivity contribution in [2.24, 2.45) is 0 Å². The molecule has 25 heavy (non-hydrogen) atoms. The molecule has 0 aliphatic heterocycles. The Hall–Kier alpha value is -2.59. The van der Waals surface area contributed by atoms with Crippen molar-refractivity contribution in [3.63, 3.8) is 0 Å². The Morgan fingerprint density at radius 2 is 2.12 bits per heavy atom. The fourth-order valence-electron chi connectivity index (χ4n) is 2.23. The number of nitrogens with zero attached hydrogens (tertiary/aromatic N) is 4. The van der Waals surface area contributed by atoms with Gasteiger partial charge in [-0.05, 0) is 43.4 Å². The van der Waals surface area contributed by atoms with Gasteiger partial charge in [0.05, 0.1) is 7.11 Å². The Morgan fingerprint density at radius 3 is 2.76 bits per heavy atom. The molecule has 10 heteroatoms. The van der Waals surface area contributed by atoms with Gasteiger partial charge in [0, 0.05) is 18.5 Å². The summed E-state index contributed by atoms with van der Waals surface area (Å²) in [5, 5.41) is 18.8. The molecule has 8 nitrogen and oxygen atoms in total. The fourth-order valence-corrected chi connectivity index (χ4v) is 3.06. The SMILES string of the molecule is COc1ccc(-c2n[nH]c(=S)n2CCC(=O)Nc2nnc(C)s2)cc1. The lowest BCUT2D eigenvalue weighted by atomic mass is 10.2. The second-order valence-corrected chi connectivity index (χ2v) is 6.73. The van der Waals surface area contributed by atoms with E-state index in [9.17, 15) is 4.79 Å². The zero-order valence-corrected chi connectivity index (χ0v) is 15.3. The van der Waals surface area contributed by atoms with Crippen LogP contribution in [-0.4, -0.2) is 38.0 Å². The molecule has 0 spiro atoms. The topological polar surface area (TPSA) is 97.7 Å². The number of aromatic nitrogens is 5. The molecule has 0 aliphatic rings. The molecule has 0 fully saturated rings. The van der Waals surface area contributed by atoms with Crippen LogP contribution in [0.3, 0.4) is 0 Å². The van der Waals surface area contributed by atoms with Gasteiger partial charge < -0.3 is 10.1 Å². The maximum absolute atomic E-state index is 12.1. The van der Waals surface area contributed by atoms with Crippen molar-refractivity contribution in [1.29, 1.82) is 0 Å². The van der Waals surface area contributed by atoms with Gasteiger partial charge in [-0.1, -0.05) is 11.3 Å². The number of ether oxygens (including phenoxy) is 1. The number of hydrogen-bond acceptors (Lipinski definition) is 7. The van der Waals surface area contributed by atoms with Crippen LogP contribution in [0.5, 0.6) is 5.75 Å². The summed E-state index contributed by atoms with van der Waals surface area (Å²) >= 11 is 6.61. The van der Waals surface area contributed by atoms with Crippen molar-refractivity contribution in [2.45, 2.75) is 19.9 Å². The second kappa shape index (κ2) is 7.53. The minimum atomic E-state index is -0.153. The molecule has 0 bridgehead atoms. The van der Waals surface area contributed by atoms with Crippen LogP contribution in [0.15, 0.2) is 24.3 Å². The Labute approximate surface area is 152 Å². The van der Waals surface area contributed by atoms with Gasteiger partial charge in [-0.25, -0.2) is 0 Å². The number of aryl methyl sites for hydroxylation is 1. The van der Waals surface area contributed by atoms with E-state index in [1.807, 2.05) is 31.2 Å². The van der Waals surface area contributed by atoms with Crippen molar-refractivity contribution in [2.75, 3.05) is 12.4 Å². The number of carbonyl (C=O) groups is 1. The maximum atomic E-state index is 12.1. The van der Waals surface area contributed by atoms with Crippen molar-refractivity contribution in [3.8, 4) is 17.1 Å². The number of amides is 1. The highest BCUT2D eigenvalue weighted by molar-refractivity contribution is 7.71. The number of benzene rings is 1. The van der Waals surface area contributed by atoms with E-state index in [1.54, 1.807) is 11.7 Å². The zero-order valence-electron chi connectivity index (χ0n) is 13.6. The molecule has 0 aliphatic carbocycles. The van der Waals surface area contributed by atoms with Crippen LogP contribution in [0, 0.1) is 11.7 Å². The lowest BCUT2D eigenvalue weighted by Crippen LogP contribution is -2.15. The summed E-state index contributed by atoms with van der Waals surface area (Å²) < 4.78 is 7.42. The highest BCUT2D eigenvalue weighted by Gasteiger charge is 2.12. The molecule has 2 N–H and O–H groups in total. The minimum Gasteiger partial charge on any atom is -0.497 e. The monoisotopic (exact) mass is 376 g/mol. The van der Waals surface area contributed by atoms with E-state index in [0.717, 1.165) is 16.3 Å². The van der Waals surface area contributed by atoms with E-state index in [-0.39, 0.29) is 12.3 Å². The first kappa shape index (κ1) is 17.2. The van der Waals surface area contributed by atoms with Gasteiger partial charge in [-0.15, -0.1) is 10.2 Å². The van der Waals surface area contributed by atoms with Crippen LogP contribution in [0.2, 0.25) is 0 Å². The minimum absolute atomic E-state index is 0.153. The van der Waals surface area contributed by atoms with E-state index in [2.05, 4.69) is 25.7 Å². The van der Waals surface area contributed by atoms with Crippen molar-refractivity contribution >= 4 is 34.6 Å². The van der Waals surface area contributed by atoms with E-state index in [4.69, 9.17) is 17.0 Å². The van der Waals surface area contributed by atoms with Gasteiger partial charge in [0.15, 0.2) is 10.6 Å². The van der Waals surface area contributed by atoms with Gasteiger partial charge in [0.2, 0.25) is 11.0 Å². The molecule has 1 aromatic carbocycles. The number of aromatic amines is 1. The van der Waals surface area contributed by atoms with Crippen LogP contribution >= 0.6 is 23.6 Å². The molecule has 130 valence electrons. The molecular formula is C15H16N6O2S2. The summed E-state index contributed by atoms with van der Waals surface area (Å²) in [7, 11) is 1.61. The van der Waals surface area contributed by atoms with Crippen molar-refractivity contribution < 1.29 is 9.53 Å². The third-order valence-corrected chi connectivity index (χ3v) is 4.51. The molecule has 1 amide bonds. The van der Waals surface area contributed by atoms with Gasteiger partial charge in [0.1, 0.15) is 10.8 Å². The smallest absolute Gasteiger partial charge is 0.227 e. The lowest BCUT2D eigenvalue weighted by Gasteiger charge is -2.07. The number of methoxy groups -OCH3 is 1. The van der Waals surface area contributed by atoms with Crippen LogP contribution in [-0.2, 0) is 11.3 Å². The van der Waals surface area contributed by atoms with E-state index >= 15 is 0 Å². The first-order chi connectivity index (χ1) is 12.1. The highest BCUT2D eigenvalue weighted by atomic mass is 32.1. The Morgan fingerprint density at radius 1 is 1.36 bits per heavy atom. The van der Waals surface area contributed by atoms with Crippen LogP contribution in [0.25, 0.3) is 11.4 Å². The predicted octanol–water partition coefficient (Wildman–Crippen LogP) is 2.81. The van der Waals surface area contributed by atoms with Crippen LogP contribution in [0.1, 0.15) is 11.4 Å². The number of rotatable bonds is 6. The zero-order chi connectivity index (χ0) is 17.8. The number of hydrogen-bond donors (Lipinski definition) is 2. The van der Waals surface area contributed by atoms with Gasteiger partial charge in [0.25, 0.3) is 0 Å². The van der Waals surface area contributed by atoms with E-state index in [1.165, 1.54) is 11.3 Å². The van der Waals surface area contributed by atoms with Crippen LogP contribution < -0.4 is 10.1 Å². The average Bonchev–Trinajstić information content (AvgIpc) is 3.18. The summed E-state index contributed by atoms with van der Waals surface area (Å²) in [6.45, 7) is 2.24. The number of anilines is 1. The molecule has 0 atom stereocenters. The molecule has 3 aromatic rings. The predicted molar refractivity (Wildman–Crippen MR) is 97.3 cm³/mol. The Kier molecular flexibility index (Phi) is 5.19. The van der Waals surface area contributed by atoms with Crippen LogP contribution in [0.4, 0.5) is 5.13 Å². The molecule has 3 rings (SSSR count). The fraction of sp³-hybridized carbons (Fsp3) is 0.267. The molecule has 2 heterocycles. The Balaban J connectivity index is 1.71. The van der Waals surface area contributed by atoms with E-state index < -0.39 is 0 Å². The third kappa shape index (κ3) is 4.09. The summed E-state index contributed by atoms with van der Waals surface area (Å²) in [5.74, 6) is 1.28. The van der Waals surface area contributed by atoms with Gasteiger partial charge in [-0.3, -0.25) is 14.5 Å². The first-order valence-electron chi connectivity index (χ1n) is 7.46. The van der Waals surface area contributed by atoms with E-state index in [0.29, 0.717) is 22.3 Å². The molecular weight excluding hydrogens is 360 g/mol. The molecule has 2 aromatic heterocycles. The second-order valence-electron chi connectivity index (χ2n) is 5.16. The standard InChI is InChI=1S/C15H16N6O2S2/c1-9-17-19-14(25-9)16-12(22)7-8-21-13(18-20-15(21)24)10-3-5-11(23-2)6-4-10/h3-6H,7-8H2,1-2H3,(H,20,24)(H,16,19,22). The third-order valence-electron chi connectivity index (χ3n) is 3.44. The number of H-pyrrole nitrogens is 1. The van der Waals surface area contributed by atoms with Crippen molar-refractivity contribution in [3.05, 3.63) is 34.0 Å². The average molecular weight is 376 g/mol. The quantitative estimate of drug-likeness (QED) is 0.642. The first-order valence-corrected chi connectivity index (χ1v) is 8.69. The molecule has 0 unspecified atom stereocenters. The summed E-state index contributed by atoms with van der Waals surface area (Å²) in [6.07, 6.45) is 0.246. The van der Waals surface area contributed by atoms with Gasteiger partial charge in [-0.2, -0.15) is 5.10 Å². The number of nitrogens with one attached hydrogen (secondary N) is 2. The Bertz CT molecular complexity index is 928. The molecule has 0 saturated heterocycles. The largest absolute Gasteiger partial charge is 0.497 e. The number of carbonyl (C=O) groups excluding carboxylic acids is 1. The summed E-state index contributed by atoms with van der Waals surface area (Å²) in [4.78, 5) is 12.1. The summed E-state index contributed by atoms with van der Waals surface area (Å²) in [6, 6.07) is 7.48.